The highest BCUT2D eigenvalue weighted by Crippen LogP contribution is 2.35. The molecule has 0 saturated heterocycles. The van der Waals surface area contributed by atoms with Gasteiger partial charge in [-0.2, -0.15) is 18.2 Å². The summed E-state index contributed by atoms with van der Waals surface area (Å²) in [5.74, 6) is 0.0900. The number of phenols is 1. The zero-order chi connectivity index (χ0) is 17.2. The molecule has 2 aromatic rings. The SMILES string of the molecule is COc1cc(/C=C/c2cc(C(F)(F)F)[nH]c(=O)n2)cc(Br)c1O. The Morgan fingerprint density at radius 2 is 2.00 bits per heavy atom. The molecule has 0 unspecified atom stereocenters. The van der Waals surface area contributed by atoms with Crippen molar-refractivity contribution in [2.45, 2.75) is 6.18 Å². The Labute approximate surface area is 136 Å². The number of aromatic nitrogens is 2. The Balaban J connectivity index is 2.40. The highest BCUT2D eigenvalue weighted by molar-refractivity contribution is 9.10. The second-order valence-corrected chi connectivity index (χ2v) is 5.26. The maximum absolute atomic E-state index is 12.6. The lowest BCUT2D eigenvalue weighted by molar-refractivity contribution is -0.141. The van der Waals surface area contributed by atoms with Gasteiger partial charge in [0.15, 0.2) is 11.5 Å². The van der Waals surface area contributed by atoms with Crippen molar-refractivity contribution < 1.29 is 23.0 Å². The van der Waals surface area contributed by atoms with Gasteiger partial charge in [-0.25, -0.2) is 4.79 Å². The molecule has 2 N–H and O–H groups in total. The van der Waals surface area contributed by atoms with Gasteiger partial charge in [0.1, 0.15) is 5.69 Å². The number of hydrogen-bond acceptors (Lipinski definition) is 4. The Kier molecular flexibility index (Phi) is 4.79. The molecule has 122 valence electrons. The van der Waals surface area contributed by atoms with E-state index in [-0.39, 0.29) is 17.2 Å². The van der Waals surface area contributed by atoms with Crippen LogP contribution in [0.1, 0.15) is 17.0 Å². The normalized spacial score (nSPS) is 11.9. The molecule has 23 heavy (non-hydrogen) atoms. The number of aromatic hydroxyl groups is 1. The Bertz CT molecular complexity index is 816. The van der Waals surface area contributed by atoms with E-state index in [9.17, 15) is 23.1 Å². The molecule has 2 rings (SSSR count). The number of aromatic amines is 1. The van der Waals surface area contributed by atoms with E-state index in [1.807, 2.05) is 0 Å². The minimum Gasteiger partial charge on any atom is -0.503 e. The summed E-state index contributed by atoms with van der Waals surface area (Å²) in [6, 6.07) is 3.74. The molecule has 0 aliphatic rings. The van der Waals surface area contributed by atoms with Crippen LogP contribution < -0.4 is 10.4 Å². The molecule has 9 heteroatoms. The predicted octanol–water partition coefficient (Wildman–Crippen LogP) is 3.44. The van der Waals surface area contributed by atoms with Gasteiger partial charge in [0.25, 0.3) is 0 Å². The van der Waals surface area contributed by atoms with Gasteiger partial charge >= 0.3 is 11.9 Å². The first-order valence-corrected chi connectivity index (χ1v) is 6.93. The summed E-state index contributed by atoms with van der Waals surface area (Å²) in [5.41, 5.74) is -1.89. The van der Waals surface area contributed by atoms with Crippen molar-refractivity contribution in [1.82, 2.24) is 9.97 Å². The van der Waals surface area contributed by atoms with Crippen molar-refractivity contribution in [3.8, 4) is 11.5 Å². The number of hydrogen-bond donors (Lipinski definition) is 2. The third-order valence-corrected chi connectivity index (χ3v) is 3.39. The number of nitrogens with zero attached hydrogens (tertiary/aromatic N) is 1. The average molecular weight is 391 g/mol. The highest BCUT2D eigenvalue weighted by Gasteiger charge is 2.32. The standard InChI is InChI=1S/C14H10BrF3N2O3/c1-23-10-5-7(4-9(15)12(10)21)2-3-8-6-11(14(16,17)18)20-13(22)19-8/h2-6,21H,1H3,(H,19,20,22)/b3-2+. The zero-order valence-electron chi connectivity index (χ0n) is 11.6. The molecule has 0 aliphatic carbocycles. The van der Waals surface area contributed by atoms with E-state index in [1.165, 1.54) is 31.4 Å². The number of H-pyrrole nitrogens is 1. The number of ether oxygens (including phenoxy) is 1. The first-order valence-electron chi connectivity index (χ1n) is 6.14. The van der Waals surface area contributed by atoms with E-state index < -0.39 is 17.6 Å². The van der Waals surface area contributed by atoms with Gasteiger partial charge in [-0.3, -0.25) is 0 Å². The van der Waals surface area contributed by atoms with E-state index in [0.29, 0.717) is 10.0 Å². The van der Waals surface area contributed by atoms with Crippen molar-refractivity contribution in [2.75, 3.05) is 7.11 Å². The quantitative estimate of drug-likeness (QED) is 0.841. The molecule has 1 aromatic carbocycles. The summed E-state index contributed by atoms with van der Waals surface area (Å²) in [6.45, 7) is 0. The molecule has 0 radical (unpaired) electrons. The number of benzene rings is 1. The van der Waals surface area contributed by atoms with Gasteiger partial charge in [0.05, 0.1) is 17.3 Å². The summed E-state index contributed by atoms with van der Waals surface area (Å²) in [7, 11) is 1.36. The number of alkyl halides is 3. The Morgan fingerprint density at radius 1 is 1.30 bits per heavy atom. The molecule has 5 nitrogen and oxygen atoms in total. The molecular formula is C14H10BrF3N2O3. The van der Waals surface area contributed by atoms with Crippen LogP contribution in [0.2, 0.25) is 0 Å². The number of halogens is 4. The van der Waals surface area contributed by atoms with E-state index in [0.717, 1.165) is 6.07 Å². The van der Waals surface area contributed by atoms with E-state index in [2.05, 4.69) is 20.9 Å². The number of nitrogens with one attached hydrogen (secondary N) is 1. The van der Waals surface area contributed by atoms with Crippen LogP contribution in [0, 0.1) is 0 Å². The van der Waals surface area contributed by atoms with Crippen molar-refractivity contribution >= 4 is 28.1 Å². The second kappa shape index (κ2) is 6.45. The van der Waals surface area contributed by atoms with E-state index in [4.69, 9.17) is 4.74 Å². The second-order valence-electron chi connectivity index (χ2n) is 4.41. The topological polar surface area (TPSA) is 75.2 Å². The fourth-order valence-corrected chi connectivity index (χ4v) is 2.20. The van der Waals surface area contributed by atoms with Gasteiger partial charge in [-0.05, 0) is 45.8 Å². The zero-order valence-corrected chi connectivity index (χ0v) is 13.2. The largest absolute Gasteiger partial charge is 0.503 e. The molecule has 0 atom stereocenters. The molecule has 0 bridgehead atoms. The van der Waals surface area contributed by atoms with Crippen molar-refractivity contribution in [1.29, 1.82) is 0 Å². The van der Waals surface area contributed by atoms with Crippen LogP contribution in [0.3, 0.4) is 0 Å². The molecule has 1 aromatic heterocycles. The molecule has 0 saturated carbocycles. The number of phenolic OH excluding ortho intramolecular Hbond substituents is 1. The van der Waals surface area contributed by atoms with Gasteiger partial charge < -0.3 is 14.8 Å². The van der Waals surface area contributed by atoms with Gasteiger partial charge in [-0.15, -0.1) is 0 Å². The van der Waals surface area contributed by atoms with Gasteiger partial charge in [0.2, 0.25) is 0 Å². The monoisotopic (exact) mass is 390 g/mol. The maximum atomic E-state index is 12.6. The lowest BCUT2D eigenvalue weighted by atomic mass is 10.1. The third-order valence-electron chi connectivity index (χ3n) is 2.79. The highest BCUT2D eigenvalue weighted by atomic mass is 79.9. The van der Waals surface area contributed by atoms with E-state index >= 15 is 0 Å². The first kappa shape index (κ1) is 17.1. The number of methoxy groups -OCH3 is 1. The van der Waals surface area contributed by atoms with Crippen molar-refractivity contribution in [3.05, 3.63) is 50.1 Å². The summed E-state index contributed by atoms with van der Waals surface area (Å²) < 4.78 is 43.2. The number of rotatable bonds is 3. The lowest BCUT2D eigenvalue weighted by Crippen LogP contribution is -2.19. The van der Waals surface area contributed by atoms with E-state index in [1.54, 1.807) is 4.98 Å². The van der Waals surface area contributed by atoms with Crippen molar-refractivity contribution in [2.24, 2.45) is 0 Å². The van der Waals surface area contributed by atoms with Crippen LogP contribution in [0.5, 0.6) is 11.5 Å². The molecule has 0 amide bonds. The lowest BCUT2D eigenvalue weighted by Gasteiger charge is -2.07. The summed E-state index contributed by atoms with van der Waals surface area (Å²) in [4.78, 5) is 16.3. The predicted molar refractivity (Wildman–Crippen MR) is 81.1 cm³/mol. The minimum atomic E-state index is -4.67. The summed E-state index contributed by atoms with van der Waals surface area (Å²) >= 11 is 3.13. The van der Waals surface area contributed by atoms with Crippen LogP contribution in [0.15, 0.2) is 27.5 Å². The Morgan fingerprint density at radius 3 is 2.61 bits per heavy atom. The minimum absolute atomic E-state index is 0.0988. The van der Waals surface area contributed by atoms with Gasteiger partial charge in [-0.1, -0.05) is 6.08 Å². The average Bonchev–Trinajstić information content (AvgIpc) is 2.47. The van der Waals surface area contributed by atoms with Crippen molar-refractivity contribution in [3.63, 3.8) is 0 Å². The Hall–Kier alpha value is -2.29. The smallest absolute Gasteiger partial charge is 0.431 e. The van der Waals surface area contributed by atoms with Crippen LogP contribution in [-0.4, -0.2) is 22.2 Å². The van der Waals surface area contributed by atoms with Crippen LogP contribution in [0.25, 0.3) is 12.2 Å². The van der Waals surface area contributed by atoms with Gasteiger partial charge in [0, 0.05) is 0 Å². The first-order chi connectivity index (χ1) is 10.7. The molecule has 0 fully saturated rings. The molecule has 0 spiro atoms. The summed E-state index contributed by atoms with van der Waals surface area (Å²) in [5, 5.41) is 9.69. The summed E-state index contributed by atoms with van der Waals surface area (Å²) in [6.07, 6.45) is -1.98. The van der Waals surface area contributed by atoms with Crippen LogP contribution >= 0.6 is 15.9 Å². The molecular weight excluding hydrogens is 381 g/mol. The molecule has 0 aliphatic heterocycles. The maximum Gasteiger partial charge on any atom is 0.431 e. The fraction of sp³-hybridized carbons (Fsp3) is 0.143. The van der Waals surface area contributed by atoms with Crippen LogP contribution in [0.4, 0.5) is 13.2 Å². The third kappa shape index (κ3) is 4.13. The van der Waals surface area contributed by atoms with Crippen LogP contribution in [-0.2, 0) is 6.18 Å². The fourth-order valence-electron chi connectivity index (χ4n) is 1.74. The molecule has 1 heterocycles.